The van der Waals surface area contributed by atoms with Gasteiger partial charge in [0.15, 0.2) is 0 Å². The van der Waals surface area contributed by atoms with Crippen molar-refractivity contribution in [2.75, 3.05) is 17.2 Å². The number of aromatic nitrogens is 1. The molecule has 0 spiro atoms. The van der Waals surface area contributed by atoms with E-state index in [1.807, 2.05) is 6.92 Å². The maximum atomic E-state index is 12.3. The summed E-state index contributed by atoms with van der Waals surface area (Å²) in [4.78, 5) is 16.4. The highest BCUT2D eigenvalue weighted by Gasteiger charge is 2.11. The van der Waals surface area contributed by atoms with Gasteiger partial charge < -0.3 is 10.6 Å². The average Bonchev–Trinajstić information content (AvgIpc) is 2.47. The molecule has 0 fully saturated rings. The molecule has 2 N–H and O–H groups in total. The lowest BCUT2D eigenvalue weighted by Crippen LogP contribution is -2.13. The first-order valence-corrected chi connectivity index (χ1v) is 7.33. The lowest BCUT2D eigenvalue weighted by molar-refractivity contribution is 0.102. The summed E-state index contributed by atoms with van der Waals surface area (Å²) in [6, 6.07) is 10.2. The third-order valence-electron chi connectivity index (χ3n) is 2.73. The molecule has 2 rings (SSSR count). The average molecular weight is 324 g/mol. The monoisotopic (exact) mass is 323 g/mol. The number of hydrogen-bond donors (Lipinski definition) is 2. The summed E-state index contributed by atoms with van der Waals surface area (Å²) >= 11 is 12.0. The number of anilines is 2. The van der Waals surface area contributed by atoms with Crippen LogP contribution in [0.2, 0.25) is 10.2 Å². The summed E-state index contributed by atoms with van der Waals surface area (Å²) in [6.45, 7) is 2.81. The molecule has 4 nitrogen and oxygen atoms in total. The molecule has 6 heteroatoms. The van der Waals surface area contributed by atoms with Gasteiger partial charge in [0.2, 0.25) is 0 Å². The van der Waals surface area contributed by atoms with Gasteiger partial charge >= 0.3 is 0 Å². The molecule has 0 aliphatic carbocycles. The van der Waals surface area contributed by atoms with Crippen LogP contribution in [0.5, 0.6) is 0 Å². The first-order chi connectivity index (χ1) is 10.1. The van der Waals surface area contributed by atoms with Gasteiger partial charge in [-0.15, -0.1) is 0 Å². The molecule has 110 valence electrons. The predicted octanol–water partition coefficient (Wildman–Crippen LogP) is 4.46. The Morgan fingerprint density at radius 3 is 2.71 bits per heavy atom. The van der Waals surface area contributed by atoms with Gasteiger partial charge in [-0.05, 0) is 30.7 Å². The SMILES string of the molecule is CCCNc1cc(C(=O)Nc2ccccc2Cl)cc(Cl)n1. The second kappa shape index (κ2) is 7.29. The summed E-state index contributed by atoms with van der Waals surface area (Å²) in [5, 5.41) is 6.60. The summed E-state index contributed by atoms with van der Waals surface area (Å²) < 4.78 is 0. The maximum absolute atomic E-state index is 12.3. The van der Waals surface area contributed by atoms with Crippen molar-refractivity contribution in [3.63, 3.8) is 0 Å². The van der Waals surface area contributed by atoms with Crippen molar-refractivity contribution in [2.24, 2.45) is 0 Å². The molecule has 0 aliphatic heterocycles. The highest BCUT2D eigenvalue weighted by molar-refractivity contribution is 6.34. The summed E-state index contributed by atoms with van der Waals surface area (Å²) in [5.74, 6) is 0.292. The third-order valence-corrected chi connectivity index (χ3v) is 3.26. The van der Waals surface area contributed by atoms with E-state index in [1.54, 1.807) is 30.3 Å². The fraction of sp³-hybridized carbons (Fsp3) is 0.200. The van der Waals surface area contributed by atoms with E-state index in [9.17, 15) is 4.79 Å². The minimum atomic E-state index is -0.285. The van der Waals surface area contributed by atoms with Gasteiger partial charge in [-0.2, -0.15) is 0 Å². The first kappa shape index (κ1) is 15.6. The molecule has 1 aromatic heterocycles. The largest absolute Gasteiger partial charge is 0.370 e. The Morgan fingerprint density at radius 2 is 2.00 bits per heavy atom. The normalized spacial score (nSPS) is 10.2. The van der Waals surface area contributed by atoms with Crippen molar-refractivity contribution in [2.45, 2.75) is 13.3 Å². The Bertz CT molecular complexity index is 647. The quantitative estimate of drug-likeness (QED) is 0.798. The molecular formula is C15H15Cl2N3O. The number of para-hydroxylation sites is 1. The third kappa shape index (κ3) is 4.34. The Morgan fingerprint density at radius 1 is 1.24 bits per heavy atom. The molecule has 0 saturated carbocycles. The number of hydrogen-bond acceptors (Lipinski definition) is 3. The molecule has 1 heterocycles. The summed E-state index contributed by atoms with van der Waals surface area (Å²) in [7, 11) is 0. The number of carbonyl (C=O) groups is 1. The predicted molar refractivity (Wildman–Crippen MR) is 87.4 cm³/mol. The fourth-order valence-corrected chi connectivity index (χ4v) is 2.12. The second-order valence-corrected chi connectivity index (χ2v) is 5.22. The number of nitrogens with zero attached hydrogens (tertiary/aromatic N) is 1. The second-order valence-electron chi connectivity index (χ2n) is 4.42. The number of nitrogens with one attached hydrogen (secondary N) is 2. The summed E-state index contributed by atoms with van der Waals surface area (Å²) in [5.41, 5.74) is 0.980. The number of rotatable bonds is 5. The minimum absolute atomic E-state index is 0.264. The summed E-state index contributed by atoms with van der Waals surface area (Å²) in [6.07, 6.45) is 0.954. The zero-order valence-electron chi connectivity index (χ0n) is 11.5. The van der Waals surface area contributed by atoms with E-state index < -0.39 is 0 Å². The molecule has 1 aromatic carbocycles. The van der Waals surface area contributed by atoms with Gasteiger partial charge in [-0.3, -0.25) is 4.79 Å². The minimum Gasteiger partial charge on any atom is -0.370 e. The lowest BCUT2D eigenvalue weighted by Gasteiger charge is -2.09. The van der Waals surface area contributed by atoms with Crippen molar-refractivity contribution < 1.29 is 4.79 Å². The van der Waals surface area contributed by atoms with E-state index >= 15 is 0 Å². The first-order valence-electron chi connectivity index (χ1n) is 6.57. The standard InChI is InChI=1S/C15H15Cl2N3O/c1-2-7-18-14-9-10(8-13(17)20-14)15(21)19-12-6-4-3-5-11(12)16/h3-6,8-9H,2,7H2,1H3,(H,18,20)(H,19,21). The van der Waals surface area contributed by atoms with Crippen molar-refractivity contribution in [1.82, 2.24) is 4.98 Å². The van der Waals surface area contributed by atoms with Crippen LogP contribution in [0.1, 0.15) is 23.7 Å². The molecule has 2 aromatic rings. The Labute approximate surface area is 133 Å². The van der Waals surface area contributed by atoms with E-state index in [0.717, 1.165) is 13.0 Å². The smallest absolute Gasteiger partial charge is 0.255 e. The van der Waals surface area contributed by atoms with Crippen LogP contribution < -0.4 is 10.6 Å². The topological polar surface area (TPSA) is 54.0 Å². The molecule has 0 aliphatic rings. The van der Waals surface area contributed by atoms with Crippen LogP contribution in [0.15, 0.2) is 36.4 Å². The number of amides is 1. The van der Waals surface area contributed by atoms with Gasteiger partial charge in [0, 0.05) is 12.1 Å². The van der Waals surface area contributed by atoms with E-state index in [1.165, 1.54) is 6.07 Å². The zero-order valence-corrected chi connectivity index (χ0v) is 13.0. The Hall–Kier alpha value is -1.78. The lowest BCUT2D eigenvalue weighted by atomic mass is 10.2. The van der Waals surface area contributed by atoms with Crippen LogP contribution in [-0.4, -0.2) is 17.4 Å². The number of carbonyl (C=O) groups excluding carboxylic acids is 1. The maximum Gasteiger partial charge on any atom is 0.255 e. The fourth-order valence-electron chi connectivity index (χ4n) is 1.73. The van der Waals surface area contributed by atoms with E-state index in [4.69, 9.17) is 23.2 Å². The van der Waals surface area contributed by atoms with Crippen molar-refractivity contribution in [1.29, 1.82) is 0 Å². The van der Waals surface area contributed by atoms with Gasteiger partial charge in [0.05, 0.1) is 10.7 Å². The van der Waals surface area contributed by atoms with Crippen LogP contribution in [0, 0.1) is 0 Å². The van der Waals surface area contributed by atoms with E-state index in [-0.39, 0.29) is 11.1 Å². The van der Waals surface area contributed by atoms with Gasteiger partial charge in [-0.25, -0.2) is 4.98 Å². The zero-order chi connectivity index (χ0) is 15.2. The van der Waals surface area contributed by atoms with Crippen molar-refractivity contribution >= 4 is 40.6 Å². The highest BCUT2D eigenvalue weighted by atomic mass is 35.5. The van der Waals surface area contributed by atoms with Gasteiger partial charge in [-0.1, -0.05) is 42.3 Å². The Kier molecular flexibility index (Phi) is 5.42. The highest BCUT2D eigenvalue weighted by Crippen LogP contribution is 2.22. The molecule has 21 heavy (non-hydrogen) atoms. The van der Waals surface area contributed by atoms with Crippen LogP contribution in [0.3, 0.4) is 0 Å². The van der Waals surface area contributed by atoms with Gasteiger partial charge in [0.25, 0.3) is 5.91 Å². The van der Waals surface area contributed by atoms with Crippen molar-refractivity contribution in [3.8, 4) is 0 Å². The molecule has 0 unspecified atom stereocenters. The number of halogens is 2. The number of pyridine rings is 1. The van der Waals surface area contributed by atoms with Gasteiger partial charge in [0.1, 0.15) is 11.0 Å². The Balaban J connectivity index is 2.19. The van der Waals surface area contributed by atoms with Crippen LogP contribution >= 0.6 is 23.2 Å². The van der Waals surface area contributed by atoms with E-state index in [2.05, 4.69) is 15.6 Å². The van der Waals surface area contributed by atoms with Crippen LogP contribution in [-0.2, 0) is 0 Å². The molecule has 0 atom stereocenters. The van der Waals surface area contributed by atoms with E-state index in [0.29, 0.717) is 22.1 Å². The molecular weight excluding hydrogens is 309 g/mol. The van der Waals surface area contributed by atoms with Crippen LogP contribution in [0.4, 0.5) is 11.5 Å². The van der Waals surface area contributed by atoms with Crippen molar-refractivity contribution in [3.05, 3.63) is 52.1 Å². The van der Waals surface area contributed by atoms with Crippen LogP contribution in [0.25, 0.3) is 0 Å². The molecule has 0 bridgehead atoms. The molecule has 0 radical (unpaired) electrons. The number of benzene rings is 1. The molecule has 0 saturated heterocycles. The molecule has 1 amide bonds.